The third-order valence-electron chi connectivity index (χ3n) is 4.88. The van der Waals surface area contributed by atoms with E-state index in [4.69, 9.17) is 9.47 Å². The highest BCUT2D eigenvalue weighted by molar-refractivity contribution is 5.99. The van der Waals surface area contributed by atoms with Gasteiger partial charge in [-0.05, 0) is 49.4 Å². The van der Waals surface area contributed by atoms with E-state index in [1.807, 2.05) is 31.3 Å². The summed E-state index contributed by atoms with van der Waals surface area (Å²) in [6.45, 7) is 2.32. The molecule has 0 bridgehead atoms. The van der Waals surface area contributed by atoms with Gasteiger partial charge in [0.25, 0.3) is 5.91 Å². The van der Waals surface area contributed by atoms with E-state index in [-0.39, 0.29) is 0 Å². The van der Waals surface area contributed by atoms with E-state index >= 15 is 0 Å². The van der Waals surface area contributed by atoms with Gasteiger partial charge >= 0.3 is 5.97 Å². The van der Waals surface area contributed by atoms with Crippen molar-refractivity contribution in [1.29, 1.82) is 0 Å². The minimum absolute atomic E-state index is 0.328. The maximum Gasteiger partial charge on any atom is 0.339 e. The number of hydrogen-bond donors (Lipinski definition) is 1. The summed E-state index contributed by atoms with van der Waals surface area (Å²) in [7, 11) is 0. The van der Waals surface area contributed by atoms with E-state index in [1.54, 1.807) is 77.6 Å². The quantitative estimate of drug-likeness (QED) is 0.397. The molecule has 0 aliphatic carbocycles. The second-order valence-electron chi connectivity index (χ2n) is 7.11. The smallest absolute Gasteiger partial charge is 0.339 e. The Kier molecular flexibility index (Phi) is 6.80. The van der Waals surface area contributed by atoms with Crippen molar-refractivity contribution in [2.45, 2.75) is 13.0 Å². The number of benzene rings is 3. The zero-order chi connectivity index (χ0) is 23.0. The molecule has 0 saturated carbocycles. The fourth-order valence-electron chi connectivity index (χ4n) is 3.30. The lowest BCUT2D eigenvalue weighted by atomic mass is 10.1. The van der Waals surface area contributed by atoms with E-state index in [0.717, 1.165) is 5.69 Å². The van der Waals surface area contributed by atoms with Crippen LogP contribution < -0.4 is 10.1 Å². The van der Waals surface area contributed by atoms with E-state index in [2.05, 4.69) is 10.4 Å². The molecule has 7 nitrogen and oxygen atoms in total. The first-order chi connectivity index (χ1) is 16.2. The first-order valence-corrected chi connectivity index (χ1v) is 10.5. The van der Waals surface area contributed by atoms with E-state index < -0.39 is 18.0 Å². The SMILES string of the molecule is CCOc1ccccc1NC(=O)C(OC(=O)c1ccc(-n2cccn2)cc1)c1ccccc1. The molecule has 0 aliphatic heterocycles. The standard InChI is InChI=1S/C26H23N3O4/c1-2-32-23-12-7-6-11-22(23)28-25(30)24(19-9-4-3-5-10-19)33-26(31)20-13-15-21(16-14-20)29-18-8-17-27-29/h3-18,24H,2H2,1H3,(H,28,30). The molecule has 1 heterocycles. The predicted molar refractivity (Wildman–Crippen MR) is 124 cm³/mol. The van der Waals surface area contributed by atoms with E-state index in [1.165, 1.54) is 0 Å². The van der Waals surface area contributed by atoms with Gasteiger partial charge in [0.05, 0.1) is 23.5 Å². The van der Waals surface area contributed by atoms with Gasteiger partial charge in [-0.1, -0.05) is 42.5 Å². The normalized spacial score (nSPS) is 11.4. The van der Waals surface area contributed by atoms with Gasteiger partial charge in [-0.15, -0.1) is 0 Å². The average molecular weight is 441 g/mol. The van der Waals surface area contributed by atoms with Crippen LogP contribution >= 0.6 is 0 Å². The molecule has 4 rings (SSSR count). The van der Waals surface area contributed by atoms with Crippen LogP contribution in [0.4, 0.5) is 5.69 Å². The van der Waals surface area contributed by atoms with Crippen LogP contribution in [0.5, 0.6) is 5.75 Å². The van der Waals surface area contributed by atoms with Crippen molar-refractivity contribution in [3.8, 4) is 11.4 Å². The van der Waals surface area contributed by atoms with Crippen LogP contribution in [-0.2, 0) is 9.53 Å². The topological polar surface area (TPSA) is 82.5 Å². The minimum Gasteiger partial charge on any atom is -0.492 e. The highest BCUT2D eigenvalue weighted by Gasteiger charge is 2.26. The van der Waals surface area contributed by atoms with Gasteiger partial charge in [-0.25, -0.2) is 9.48 Å². The molecule has 0 radical (unpaired) electrons. The van der Waals surface area contributed by atoms with Gasteiger partial charge in [-0.3, -0.25) is 4.79 Å². The first kappa shape index (κ1) is 21.8. The number of para-hydroxylation sites is 2. The van der Waals surface area contributed by atoms with Gasteiger partial charge in [0.2, 0.25) is 6.10 Å². The number of esters is 1. The number of amides is 1. The first-order valence-electron chi connectivity index (χ1n) is 10.5. The van der Waals surface area contributed by atoms with Crippen LogP contribution in [0.1, 0.15) is 28.9 Å². The summed E-state index contributed by atoms with van der Waals surface area (Å²) in [6.07, 6.45) is 2.34. The van der Waals surface area contributed by atoms with Gasteiger partial charge in [0.15, 0.2) is 0 Å². The van der Waals surface area contributed by atoms with Crippen LogP contribution in [-0.4, -0.2) is 28.3 Å². The molecule has 0 spiro atoms. The maximum absolute atomic E-state index is 13.2. The zero-order valence-corrected chi connectivity index (χ0v) is 18.0. The number of aromatic nitrogens is 2. The number of rotatable bonds is 8. The van der Waals surface area contributed by atoms with Gasteiger partial charge in [-0.2, -0.15) is 5.10 Å². The molecule has 1 aromatic heterocycles. The molecule has 4 aromatic rings. The summed E-state index contributed by atoms with van der Waals surface area (Å²) >= 11 is 0. The van der Waals surface area contributed by atoms with Crippen LogP contribution in [0, 0.1) is 0 Å². The molecular formula is C26H23N3O4. The largest absolute Gasteiger partial charge is 0.492 e. The molecular weight excluding hydrogens is 418 g/mol. The fourth-order valence-corrected chi connectivity index (χ4v) is 3.30. The monoisotopic (exact) mass is 441 g/mol. The number of anilines is 1. The Morgan fingerprint density at radius 3 is 2.36 bits per heavy atom. The minimum atomic E-state index is -1.14. The van der Waals surface area contributed by atoms with Crippen molar-refractivity contribution in [1.82, 2.24) is 9.78 Å². The highest BCUT2D eigenvalue weighted by Crippen LogP contribution is 2.27. The van der Waals surface area contributed by atoms with Gasteiger partial charge < -0.3 is 14.8 Å². The Hall–Kier alpha value is -4.39. The summed E-state index contributed by atoms with van der Waals surface area (Å²) in [5, 5.41) is 7.00. The second kappa shape index (κ2) is 10.3. The van der Waals surface area contributed by atoms with Crippen molar-refractivity contribution < 1.29 is 19.1 Å². The van der Waals surface area contributed by atoms with Gasteiger partial charge in [0, 0.05) is 18.0 Å². The number of ether oxygens (including phenoxy) is 2. The number of nitrogens with one attached hydrogen (secondary N) is 1. The van der Waals surface area contributed by atoms with E-state index in [0.29, 0.717) is 29.2 Å². The predicted octanol–water partition coefficient (Wildman–Crippen LogP) is 4.81. The Labute approximate surface area is 191 Å². The molecule has 0 saturated heterocycles. The summed E-state index contributed by atoms with van der Waals surface area (Å²) < 4.78 is 12.9. The lowest BCUT2D eigenvalue weighted by Gasteiger charge is -2.19. The van der Waals surface area contributed by atoms with Crippen LogP contribution in [0.25, 0.3) is 5.69 Å². The average Bonchev–Trinajstić information content (AvgIpc) is 3.39. The number of carbonyl (C=O) groups is 2. The maximum atomic E-state index is 13.2. The summed E-state index contributed by atoms with van der Waals surface area (Å²) in [4.78, 5) is 26.1. The van der Waals surface area contributed by atoms with Crippen molar-refractivity contribution in [2.24, 2.45) is 0 Å². The molecule has 3 aromatic carbocycles. The van der Waals surface area contributed by atoms with Crippen molar-refractivity contribution in [3.05, 3.63) is 108 Å². The second-order valence-corrected chi connectivity index (χ2v) is 7.11. The van der Waals surface area contributed by atoms with Crippen LogP contribution in [0.15, 0.2) is 97.3 Å². The molecule has 0 fully saturated rings. The molecule has 166 valence electrons. The van der Waals surface area contributed by atoms with Crippen LogP contribution in [0.2, 0.25) is 0 Å². The Morgan fingerprint density at radius 1 is 0.939 bits per heavy atom. The molecule has 7 heteroatoms. The Balaban J connectivity index is 1.55. The lowest BCUT2D eigenvalue weighted by molar-refractivity contribution is -0.125. The molecule has 1 atom stereocenters. The zero-order valence-electron chi connectivity index (χ0n) is 18.0. The van der Waals surface area contributed by atoms with E-state index in [9.17, 15) is 9.59 Å². The van der Waals surface area contributed by atoms with Crippen LogP contribution in [0.3, 0.4) is 0 Å². The Bertz CT molecular complexity index is 1210. The molecule has 33 heavy (non-hydrogen) atoms. The lowest BCUT2D eigenvalue weighted by Crippen LogP contribution is -2.26. The summed E-state index contributed by atoms with van der Waals surface area (Å²) in [5.41, 5.74) is 2.20. The highest BCUT2D eigenvalue weighted by atomic mass is 16.5. The Morgan fingerprint density at radius 2 is 1.67 bits per heavy atom. The van der Waals surface area contributed by atoms with Crippen molar-refractivity contribution in [3.63, 3.8) is 0 Å². The molecule has 0 aliphatic rings. The third kappa shape index (κ3) is 5.27. The number of nitrogens with zero attached hydrogens (tertiary/aromatic N) is 2. The van der Waals surface area contributed by atoms with Crippen molar-refractivity contribution >= 4 is 17.6 Å². The van der Waals surface area contributed by atoms with Gasteiger partial charge in [0.1, 0.15) is 5.75 Å². The number of hydrogen-bond acceptors (Lipinski definition) is 5. The molecule has 1 amide bonds. The third-order valence-corrected chi connectivity index (χ3v) is 4.88. The molecule has 1 unspecified atom stereocenters. The fraction of sp³-hybridized carbons (Fsp3) is 0.115. The summed E-state index contributed by atoms with van der Waals surface area (Å²) in [5.74, 6) is -0.542. The summed E-state index contributed by atoms with van der Waals surface area (Å²) in [6, 6.07) is 24.6. The van der Waals surface area contributed by atoms with Crippen molar-refractivity contribution in [2.75, 3.05) is 11.9 Å². The molecule has 1 N–H and O–H groups in total. The number of carbonyl (C=O) groups excluding carboxylic acids is 2.